The van der Waals surface area contributed by atoms with Gasteiger partial charge in [-0.15, -0.1) is 0 Å². The van der Waals surface area contributed by atoms with Crippen molar-refractivity contribution in [3.8, 4) is 0 Å². The Morgan fingerprint density at radius 3 is 3.21 bits per heavy atom. The molecule has 4 nitrogen and oxygen atoms in total. The number of aryl methyl sites for hydroxylation is 1. The number of fused-ring (bicyclic) bond motifs is 3. The van der Waals surface area contributed by atoms with Gasteiger partial charge in [-0.2, -0.15) is 4.98 Å². The van der Waals surface area contributed by atoms with E-state index >= 15 is 0 Å². The first-order valence-electron chi connectivity index (χ1n) is 4.88. The van der Waals surface area contributed by atoms with Crippen molar-refractivity contribution in [2.75, 3.05) is 18.5 Å². The summed E-state index contributed by atoms with van der Waals surface area (Å²) in [6.45, 7) is 2.14. The average Bonchev–Trinajstić information content (AvgIpc) is 2.59. The lowest BCUT2D eigenvalue weighted by atomic mass is 10.3. The number of hydrogen-bond donors (Lipinski definition) is 0. The predicted octanol–water partition coefficient (Wildman–Crippen LogP) is 1.27. The zero-order valence-corrected chi connectivity index (χ0v) is 8.14. The molecule has 72 valence electrons. The summed E-state index contributed by atoms with van der Waals surface area (Å²) in [7, 11) is 2.08. The van der Waals surface area contributed by atoms with Gasteiger partial charge >= 0.3 is 0 Å². The van der Waals surface area contributed by atoms with E-state index in [9.17, 15) is 0 Å². The fourth-order valence-corrected chi connectivity index (χ4v) is 2.03. The summed E-state index contributed by atoms with van der Waals surface area (Å²) in [6.07, 6.45) is 2.98. The maximum absolute atomic E-state index is 4.51. The summed E-state index contributed by atoms with van der Waals surface area (Å²) < 4.78 is 2.24. The fourth-order valence-electron chi connectivity index (χ4n) is 2.03. The zero-order valence-electron chi connectivity index (χ0n) is 8.14. The molecule has 1 aliphatic heterocycles. The van der Waals surface area contributed by atoms with Gasteiger partial charge in [0.05, 0.1) is 5.52 Å². The highest BCUT2D eigenvalue weighted by Gasteiger charge is 2.18. The minimum atomic E-state index is 0.858. The van der Waals surface area contributed by atoms with E-state index in [1.807, 2.05) is 6.07 Å². The number of hydrogen-bond acceptors (Lipinski definition) is 3. The summed E-state index contributed by atoms with van der Waals surface area (Å²) in [5.74, 6) is 1.05. The molecule has 2 aromatic heterocycles. The van der Waals surface area contributed by atoms with Gasteiger partial charge in [0.2, 0.25) is 5.95 Å². The molecule has 3 rings (SSSR count). The van der Waals surface area contributed by atoms with Crippen LogP contribution in [-0.4, -0.2) is 28.1 Å². The molecule has 3 heterocycles. The lowest BCUT2D eigenvalue weighted by Crippen LogP contribution is -2.28. The van der Waals surface area contributed by atoms with Crippen LogP contribution >= 0.6 is 0 Å². The Morgan fingerprint density at radius 2 is 2.29 bits per heavy atom. The maximum atomic E-state index is 4.51. The van der Waals surface area contributed by atoms with Gasteiger partial charge in [0.1, 0.15) is 0 Å². The normalized spacial score (nSPS) is 15.9. The number of aromatic nitrogens is 3. The minimum absolute atomic E-state index is 0.858. The van der Waals surface area contributed by atoms with Crippen molar-refractivity contribution in [3.05, 3.63) is 18.3 Å². The molecule has 0 N–H and O–H groups in total. The molecular weight excluding hydrogens is 176 g/mol. The molecule has 0 fully saturated rings. The van der Waals surface area contributed by atoms with Gasteiger partial charge < -0.3 is 9.47 Å². The van der Waals surface area contributed by atoms with Crippen LogP contribution in [0.2, 0.25) is 0 Å². The van der Waals surface area contributed by atoms with E-state index in [-0.39, 0.29) is 0 Å². The van der Waals surface area contributed by atoms with E-state index in [4.69, 9.17) is 0 Å². The van der Waals surface area contributed by atoms with Crippen LogP contribution in [0.25, 0.3) is 11.2 Å². The van der Waals surface area contributed by atoms with E-state index in [2.05, 4.69) is 32.5 Å². The molecular formula is C10H12N4. The number of rotatable bonds is 0. The molecule has 0 aliphatic carbocycles. The predicted molar refractivity (Wildman–Crippen MR) is 55.4 cm³/mol. The second-order valence-corrected chi connectivity index (χ2v) is 3.68. The first-order chi connectivity index (χ1) is 6.86. The Bertz CT molecular complexity index is 474. The summed E-state index contributed by atoms with van der Waals surface area (Å²) in [5, 5.41) is 0. The van der Waals surface area contributed by atoms with E-state index in [0.717, 1.165) is 30.2 Å². The van der Waals surface area contributed by atoms with Crippen LogP contribution in [0.5, 0.6) is 0 Å². The van der Waals surface area contributed by atoms with E-state index in [1.54, 1.807) is 6.20 Å². The molecule has 0 saturated heterocycles. The third-order valence-corrected chi connectivity index (χ3v) is 2.72. The van der Waals surface area contributed by atoms with Crippen LogP contribution in [0.1, 0.15) is 6.42 Å². The van der Waals surface area contributed by atoms with E-state index in [1.165, 1.54) is 6.42 Å². The Labute approximate surface area is 82.2 Å². The van der Waals surface area contributed by atoms with Crippen LogP contribution in [0.3, 0.4) is 0 Å². The van der Waals surface area contributed by atoms with Crippen molar-refractivity contribution < 1.29 is 0 Å². The Balaban J connectivity index is 2.32. The molecule has 0 spiro atoms. The highest BCUT2D eigenvalue weighted by molar-refractivity contribution is 5.74. The number of anilines is 1. The van der Waals surface area contributed by atoms with Crippen molar-refractivity contribution in [1.29, 1.82) is 0 Å². The van der Waals surface area contributed by atoms with E-state index in [0.29, 0.717) is 0 Å². The van der Waals surface area contributed by atoms with Gasteiger partial charge in [0.25, 0.3) is 0 Å². The molecule has 0 bridgehead atoms. The molecule has 0 radical (unpaired) electrons. The third kappa shape index (κ3) is 0.937. The van der Waals surface area contributed by atoms with E-state index < -0.39 is 0 Å². The van der Waals surface area contributed by atoms with Crippen LogP contribution in [0.15, 0.2) is 18.3 Å². The lowest BCUT2D eigenvalue weighted by molar-refractivity contribution is 0.591. The second-order valence-electron chi connectivity index (χ2n) is 3.68. The largest absolute Gasteiger partial charge is 0.345 e. The highest BCUT2D eigenvalue weighted by Crippen LogP contribution is 2.23. The Morgan fingerprint density at radius 1 is 1.36 bits per heavy atom. The van der Waals surface area contributed by atoms with Crippen LogP contribution in [-0.2, 0) is 6.54 Å². The molecule has 2 aromatic rings. The summed E-state index contributed by atoms with van der Waals surface area (Å²) in [4.78, 5) is 11.0. The van der Waals surface area contributed by atoms with Gasteiger partial charge in [-0.05, 0) is 18.6 Å². The lowest BCUT2D eigenvalue weighted by Gasteiger charge is -2.24. The average molecular weight is 188 g/mol. The second kappa shape index (κ2) is 2.70. The number of nitrogens with zero attached hydrogens (tertiary/aromatic N) is 4. The highest BCUT2D eigenvalue weighted by atomic mass is 15.3. The molecule has 0 aromatic carbocycles. The van der Waals surface area contributed by atoms with Gasteiger partial charge in [0.15, 0.2) is 5.65 Å². The van der Waals surface area contributed by atoms with Crippen LogP contribution < -0.4 is 4.90 Å². The molecule has 0 unspecified atom stereocenters. The van der Waals surface area contributed by atoms with Gasteiger partial charge in [0, 0.05) is 26.3 Å². The number of imidazole rings is 1. The Hall–Kier alpha value is -1.58. The third-order valence-electron chi connectivity index (χ3n) is 2.72. The van der Waals surface area contributed by atoms with Crippen molar-refractivity contribution >= 4 is 17.1 Å². The van der Waals surface area contributed by atoms with Crippen molar-refractivity contribution in [2.24, 2.45) is 0 Å². The van der Waals surface area contributed by atoms with Crippen LogP contribution in [0, 0.1) is 0 Å². The summed E-state index contributed by atoms with van der Waals surface area (Å²) >= 11 is 0. The van der Waals surface area contributed by atoms with Crippen molar-refractivity contribution in [2.45, 2.75) is 13.0 Å². The molecule has 1 aliphatic rings. The molecule has 0 atom stereocenters. The number of pyridine rings is 1. The zero-order chi connectivity index (χ0) is 9.54. The molecule has 4 heteroatoms. The summed E-state index contributed by atoms with van der Waals surface area (Å²) in [5.41, 5.74) is 2.00. The monoisotopic (exact) mass is 188 g/mol. The van der Waals surface area contributed by atoms with Crippen LogP contribution in [0.4, 0.5) is 5.95 Å². The molecule has 0 saturated carbocycles. The SMILES string of the molecule is CN1CCCn2c1nc1ncccc12. The first kappa shape index (κ1) is 7.79. The Kier molecular flexibility index (Phi) is 1.50. The van der Waals surface area contributed by atoms with Gasteiger partial charge in [-0.3, -0.25) is 0 Å². The molecule has 0 amide bonds. The minimum Gasteiger partial charge on any atom is -0.345 e. The summed E-state index contributed by atoms with van der Waals surface area (Å²) in [6, 6.07) is 4.05. The molecule has 14 heavy (non-hydrogen) atoms. The van der Waals surface area contributed by atoms with Crippen molar-refractivity contribution in [3.63, 3.8) is 0 Å². The van der Waals surface area contributed by atoms with Crippen molar-refractivity contribution in [1.82, 2.24) is 14.5 Å². The standard InChI is InChI=1S/C10H12N4/c1-13-6-3-7-14-8-4-2-5-11-9(8)12-10(13)14/h2,4-5H,3,6-7H2,1H3. The smallest absolute Gasteiger partial charge is 0.207 e. The topological polar surface area (TPSA) is 34.0 Å². The quantitative estimate of drug-likeness (QED) is 0.624. The van der Waals surface area contributed by atoms with Gasteiger partial charge in [-0.1, -0.05) is 0 Å². The first-order valence-corrected chi connectivity index (χ1v) is 4.88. The maximum Gasteiger partial charge on any atom is 0.207 e. The fraction of sp³-hybridized carbons (Fsp3) is 0.400. The van der Waals surface area contributed by atoms with Gasteiger partial charge in [-0.25, -0.2) is 4.98 Å².